The van der Waals surface area contributed by atoms with Crippen LogP contribution < -0.4 is 0 Å². The van der Waals surface area contributed by atoms with Crippen LogP contribution in [-0.4, -0.2) is 18.8 Å². The van der Waals surface area contributed by atoms with Crippen molar-refractivity contribution in [1.29, 1.82) is 0 Å². The molecule has 0 aromatic carbocycles. The molecule has 0 rings (SSSR count). The van der Waals surface area contributed by atoms with E-state index in [9.17, 15) is 0 Å². The van der Waals surface area contributed by atoms with Gasteiger partial charge in [0.05, 0.1) is 0 Å². The largest absolute Gasteiger partial charge is 0.248 e. The van der Waals surface area contributed by atoms with Gasteiger partial charge in [-0.05, 0) is 13.8 Å². The monoisotopic (exact) mass is 111 g/mol. The van der Waals surface area contributed by atoms with Gasteiger partial charge in [-0.15, -0.1) is 5.10 Å². The van der Waals surface area contributed by atoms with Crippen LogP contribution in [0.15, 0.2) is 15.2 Å². The summed E-state index contributed by atoms with van der Waals surface area (Å²) in [6.45, 7) is 3.62. The van der Waals surface area contributed by atoms with E-state index < -0.39 is 0 Å². The van der Waals surface area contributed by atoms with E-state index >= 15 is 0 Å². The minimum Gasteiger partial charge on any atom is -0.248 e. The lowest BCUT2D eigenvalue weighted by Gasteiger charge is -1.69. The normalized spacial score (nSPS) is 12.8. The van der Waals surface area contributed by atoms with Gasteiger partial charge in [-0.1, -0.05) is 0 Å². The van der Waals surface area contributed by atoms with Crippen molar-refractivity contribution < 1.29 is 0 Å². The topological polar surface area (TPSA) is 37.1 Å². The Morgan fingerprint density at radius 3 is 2.25 bits per heavy atom. The van der Waals surface area contributed by atoms with E-state index in [2.05, 4.69) is 15.2 Å². The molecule has 0 aliphatic carbocycles. The Labute approximate surface area is 48.9 Å². The zero-order valence-electron chi connectivity index (χ0n) is 5.07. The summed E-state index contributed by atoms with van der Waals surface area (Å²) < 4.78 is 0. The molecule has 0 saturated heterocycles. The van der Waals surface area contributed by atoms with Crippen LogP contribution in [0.4, 0.5) is 0 Å². The second kappa shape index (κ2) is 6.01. The fourth-order valence-electron chi connectivity index (χ4n) is 0.193. The first-order valence-electron chi connectivity index (χ1n) is 2.39. The maximum Gasteiger partial charge on any atom is 0.137 e. The molecule has 0 N–H and O–H groups in total. The fourth-order valence-corrected chi connectivity index (χ4v) is 0.193. The second-order valence-corrected chi connectivity index (χ2v) is 1.01. The van der Waals surface area contributed by atoms with Gasteiger partial charge in [-0.2, -0.15) is 5.10 Å². The van der Waals surface area contributed by atoms with Crippen molar-refractivity contribution in [1.82, 2.24) is 0 Å². The lowest BCUT2D eigenvalue weighted by atomic mass is 10.9. The highest BCUT2D eigenvalue weighted by Gasteiger charge is 1.55. The lowest BCUT2D eigenvalue weighted by Crippen LogP contribution is -1.63. The van der Waals surface area contributed by atoms with Crippen molar-refractivity contribution in [2.24, 2.45) is 15.2 Å². The van der Waals surface area contributed by atoms with Crippen molar-refractivity contribution in [2.75, 3.05) is 0 Å². The highest BCUT2D eigenvalue weighted by molar-refractivity contribution is 5.70. The van der Waals surface area contributed by atoms with Crippen LogP contribution in [0.5, 0.6) is 0 Å². The molecule has 0 aliphatic rings. The highest BCUT2D eigenvalue weighted by atomic mass is 15.2. The maximum atomic E-state index is 3.68. The van der Waals surface area contributed by atoms with Gasteiger partial charge < -0.3 is 0 Å². The Morgan fingerprint density at radius 2 is 1.75 bits per heavy atom. The van der Waals surface area contributed by atoms with Crippen molar-refractivity contribution in [2.45, 2.75) is 13.8 Å². The molecule has 0 fully saturated rings. The molecule has 3 nitrogen and oxygen atoms in total. The van der Waals surface area contributed by atoms with Crippen molar-refractivity contribution in [3.63, 3.8) is 0 Å². The minimum atomic E-state index is 1.39. The lowest BCUT2D eigenvalue weighted by molar-refractivity contribution is 1.25. The van der Waals surface area contributed by atoms with Gasteiger partial charge in [0.15, 0.2) is 0 Å². The molecular weight excluding hydrogens is 102 g/mol. The summed E-state index contributed by atoms with van der Waals surface area (Å²) in [5.74, 6) is 0. The first kappa shape index (κ1) is 7.01. The average Bonchev–Trinajstić information content (AvgIpc) is 1.81. The summed E-state index contributed by atoms with van der Waals surface area (Å²) in [6, 6.07) is 0. The van der Waals surface area contributed by atoms with Gasteiger partial charge in [0.25, 0.3) is 0 Å². The number of nitrogens with zero attached hydrogens (tertiary/aromatic N) is 3. The van der Waals surface area contributed by atoms with E-state index in [1.807, 2.05) is 6.92 Å². The molecule has 8 heavy (non-hydrogen) atoms. The molecule has 0 aliphatic heterocycles. The van der Waals surface area contributed by atoms with Crippen LogP contribution in [0.1, 0.15) is 13.8 Å². The summed E-state index contributed by atoms with van der Waals surface area (Å²) >= 11 is 0. The van der Waals surface area contributed by atoms with E-state index in [0.717, 1.165) is 0 Å². The third-order valence-electron chi connectivity index (χ3n) is 0.450. The van der Waals surface area contributed by atoms with Gasteiger partial charge >= 0.3 is 0 Å². The maximum absolute atomic E-state index is 3.68. The summed E-state index contributed by atoms with van der Waals surface area (Å²) in [5.41, 5.74) is 0. The summed E-state index contributed by atoms with van der Waals surface area (Å²) in [4.78, 5) is 3.68. The van der Waals surface area contributed by atoms with E-state index in [-0.39, 0.29) is 0 Å². The SMILES string of the molecule is CC=NC=NN=CC. The van der Waals surface area contributed by atoms with Crippen LogP contribution in [-0.2, 0) is 0 Å². The molecule has 0 amide bonds. The Bertz CT molecular complexity index is 98.8. The Hall–Kier alpha value is -0.990. The fraction of sp³-hybridized carbons (Fsp3) is 0.400. The van der Waals surface area contributed by atoms with Gasteiger partial charge in [0.1, 0.15) is 6.34 Å². The van der Waals surface area contributed by atoms with Gasteiger partial charge in [0, 0.05) is 12.4 Å². The number of hydrogen-bond donors (Lipinski definition) is 0. The third kappa shape index (κ3) is 5.01. The quantitative estimate of drug-likeness (QED) is 0.291. The number of hydrogen-bond acceptors (Lipinski definition) is 2. The molecule has 44 valence electrons. The second-order valence-electron chi connectivity index (χ2n) is 1.01. The molecule has 0 heterocycles. The molecule has 0 aromatic heterocycles. The molecule has 0 atom stereocenters. The molecule has 0 aromatic rings. The first-order chi connectivity index (χ1) is 3.91. The average molecular weight is 111 g/mol. The third-order valence-corrected chi connectivity index (χ3v) is 0.450. The van der Waals surface area contributed by atoms with Crippen LogP contribution in [0.2, 0.25) is 0 Å². The summed E-state index contributed by atoms with van der Waals surface area (Å²) in [5, 5.41) is 7.07. The first-order valence-corrected chi connectivity index (χ1v) is 2.39. The van der Waals surface area contributed by atoms with Crippen molar-refractivity contribution >= 4 is 18.8 Å². The number of aliphatic imine (C=N–C) groups is 1. The standard InChI is InChI=1S/C5H9N3/c1-3-6-5-8-7-4-2/h3-5H,1-2H3. The zero-order valence-corrected chi connectivity index (χ0v) is 5.07. The Balaban J connectivity index is 3.35. The molecule has 0 unspecified atom stereocenters. The summed E-state index contributed by atoms with van der Waals surface area (Å²) in [6.07, 6.45) is 4.64. The molecule has 0 spiro atoms. The molecular formula is C5H9N3. The molecule has 0 radical (unpaired) electrons. The van der Waals surface area contributed by atoms with Crippen molar-refractivity contribution in [3.8, 4) is 0 Å². The van der Waals surface area contributed by atoms with E-state index in [0.29, 0.717) is 0 Å². The van der Waals surface area contributed by atoms with E-state index in [4.69, 9.17) is 0 Å². The number of rotatable bonds is 2. The smallest absolute Gasteiger partial charge is 0.137 e. The highest BCUT2D eigenvalue weighted by Crippen LogP contribution is 1.65. The van der Waals surface area contributed by atoms with Crippen LogP contribution in [0.25, 0.3) is 0 Å². The Morgan fingerprint density at radius 1 is 1.00 bits per heavy atom. The van der Waals surface area contributed by atoms with Gasteiger partial charge in [0.2, 0.25) is 0 Å². The van der Waals surface area contributed by atoms with Crippen LogP contribution in [0.3, 0.4) is 0 Å². The van der Waals surface area contributed by atoms with Crippen molar-refractivity contribution in [3.05, 3.63) is 0 Å². The predicted molar refractivity (Wildman–Crippen MR) is 36.8 cm³/mol. The molecule has 0 saturated carbocycles. The van der Waals surface area contributed by atoms with Gasteiger partial charge in [-0.3, -0.25) is 0 Å². The van der Waals surface area contributed by atoms with Crippen LogP contribution >= 0.6 is 0 Å². The van der Waals surface area contributed by atoms with E-state index in [1.165, 1.54) is 6.34 Å². The zero-order chi connectivity index (χ0) is 6.24. The summed E-state index contributed by atoms with van der Waals surface area (Å²) in [7, 11) is 0. The van der Waals surface area contributed by atoms with Gasteiger partial charge in [-0.25, -0.2) is 4.99 Å². The van der Waals surface area contributed by atoms with E-state index in [1.54, 1.807) is 19.4 Å². The Kier molecular flexibility index (Phi) is 5.27. The van der Waals surface area contributed by atoms with Crippen LogP contribution in [0, 0.1) is 0 Å². The molecule has 0 bridgehead atoms. The predicted octanol–water partition coefficient (Wildman–Crippen LogP) is 1.11. The molecule has 3 heteroatoms. The minimum absolute atomic E-state index is 1.39.